The van der Waals surface area contributed by atoms with Crippen LogP contribution in [0, 0.1) is 0 Å². The minimum Gasteiger partial charge on any atom is -0.497 e. The van der Waals surface area contributed by atoms with E-state index in [1.54, 1.807) is 31.4 Å². The topological polar surface area (TPSA) is 73.9 Å². The zero-order chi connectivity index (χ0) is 20.4. The first kappa shape index (κ1) is 21.0. The monoisotopic (exact) mass is 383 g/mol. The number of nitrogens with one attached hydrogen (secondary N) is 1. The molecule has 2 rings (SSSR count). The molecule has 0 spiro atoms. The van der Waals surface area contributed by atoms with Crippen LogP contribution in [-0.4, -0.2) is 39.2 Å². The van der Waals surface area contributed by atoms with Crippen molar-refractivity contribution in [3.8, 4) is 11.5 Å². The van der Waals surface area contributed by atoms with Crippen molar-refractivity contribution in [2.24, 2.45) is 0 Å². The second-order valence-corrected chi connectivity index (χ2v) is 6.16. The van der Waals surface area contributed by atoms with Gasteiger partial charge in [-0.3, -0.25) is 4.79 Å². The molecule has 1 amide bonds. The number of rotatable bonds is 9. The number of hydrogen-bond donors (Lipinski definition) is 1. The molecular formula is C22H25NO5. The summed E-state index contributed by atoms with van der Waals surface area (Å²) in [6, 6.07) is 15.1. The van der Waals surface area contributed by atoms with Crippen molar-refractivity contribution in [3.05, 3.63) is 65.7 Å². The number of ether oxygens (including phenoxy) is 3. The zero-order valence-electron chi connectivity index (χ0n) is 16.3. The van der Waals surface area contributed by atoms with E-state index in [2.05, 4.69) is 5.32 Å². The van der Waals surface area contributed by atoms with E-state index in [1.165, 1.54) is 13.2 Å². The Bertz CT molecular complexity index is 817. The van der Waals surface area contributed by atoms with E-state index in [4.69, 9.17) is 14.2 Å². The Morgan fingerprint density at radius 1 is 1.07 bits per heavy atom. The van der Waals surface area contributed by atoms with Crippen LogP contribution in [0.15, 0.2) is 54.6 Å². The molecule has 148 valence electrons. The molecule has 6 heteroatoms. The largest absolute Gasteiger partial charge is 0.497 e. The minimum absolute atomic E-state index is 0.170. The number of benzene rings is 2. The highest BCUT2D eigenvalue weighted by molar-refractivity contribution is 5.89. The Balaban J connectivity index is 1.79. The summed E-state index contributed by atoms with van der Waals surface area (Å²) in [6.07, 6.45) is 2.82. The molecule has 0 bridgehead atoms. The molecule has 2 aromatic rings. The van der Waals surface area contributed by atoms with Crippen LogP contribution >= 0.6 is 0 Å². The van der Waals surface area contributed by atoms with E-state index in [0.717, 1.165) is 5.56 Å². The fraction of sp³-hybridized carbons (Fsp3) is 0.273. The summed E-state index contributed by atoms with van der Waals surface area (Å²) in [5.41, 5.74) is 1.83. The van der Waals surface area contributed by atoms with Gasteiger partial charge in [0.25, 0.3) is 5.91 Å². The van der Waals surface area contributed by atoms with Gasteiger partial charge in [-0.05, 0) is 29.7 Å². The smallest absolute Gasteiger partial charge is 0.331 e. The summed E-state index contributed by atoms with van der Waals surface area (Å²) in [7, 11) is 3.10. The van der Waals surface area contributed by atoms with Gasteiger partial charge in [-0.25, -0.2) is 4.79 Å². The van der Waals surface area contributed by atoms with Crippen molar-refractivity contribution >= 4 is 18.0 Å². The molecular weight excluding hydrogens is 358 g/mol. The Labute approximate surface area is 165 Å². The van der Waals surface area contributed by atoms with Crippen LogP contribution in [0.1, 0.15) is 24.0 Å². The molecule has 1 atom stereocenters. The molecule has 6 nitrogen and oxygen atoms in total. The maximum absolute atomic E-state index is 11.9. The summed E-state index contributed by atoms with van der Waals surface area (Å²) in [4.78, 5) is 23.7. The molecule has 0 aliphatic rings. The van der Waals surface area contributed by atoms with Crippen molar-refractivity contribution in [2.75, 3.05) is 27.4 Å². The number of methoxy groups -OCH3 is 2. The fourth-order valence-electron chi connectivity index (χ4n) is 2.52. The Hall–Kier alpha value is -3.28. The molecule has 0 aliphatic carbocycles. The van der Waals surface area contributed by atoms with Crippen LogP contribution < -0.4 is 14.8 Å². The predicted molar refractivity (Wildman–Crippen MR) is 107 cm³/mol. The number of amides is 1. The van der Waals surface area contributed by atoms with Crippen LogP contribution in [0.3, 0.4) is 0 Å². The van der Waals surface area contributed by atoms with E-state index in [-0.39, 0.29) is 18.4 Å². The Kier molecular flexibility index (Phi) is 8.09. The first-order valence-corrected chi connectivity index (χ1v) is 8.92. The second-order valence-electron chi connectivity index (χ2n) is 6.16. The number of hydrogen-bond acceptors (Lipinski definition) is 5. The lowest BCUT2D eigenvalue weighted by atomic mass is 10.0. The van der Waals surface area contributed by atoms with Gasteiger partial charge in [0, 0.05) is 24.3 Å². The average molecular weight is 383 g/mol. The van der Waals surface area contributed by atoms with E-state index in [9.17, 15) is 9.59 Å². The summed E-state index contributed by atoms with van der Waals surface area (Å²) >= 11 is 0. The van der Waals surface area contributed by atoms with E-state index < -0.39 is 5.97 Å². The van der Waals surface area contributed by atoms with Gasteiger partial charge >= 0.3 is 5.97 Å². The molecule has 1 N–H and O–H groups in total. The van der Waals surface area contributed by atoms with Gasteiger partial charge in [-0.15, -0.1) is 0 Å². The van der Waals surface area contributed by atoms with Crippen molar-refractivity contribution < 1.29 is 23.8 Å². The third kappa shape index (κ3) is 6.46. The molecule has 0 aromatic heterocycles. The first-order valence-electron chi connectivity index (χ1n) is 8.92. The standard InChI is InChI=1S/C22H25NO5/c1-16(17-7-5-4-6-8-17)14-23-21(24)15-28-22(25)12-10-18-9-11-19(26-2)13-20(18)27-3/h4-13,16H,14-15H2,1-3H3,(H,23,24)/b12-10+/t16-/m0/s1. The molecule has 0 fully saturated rings. The number of carbonyl (C=O) groups excluding carboxylic acids is 2. The van der Waals surface area contributed by atoms with Crippen molar-refractivity contribution in [3.63, 3.8) is 0 Å². The maximum Gasteiger partial charge on any atom is 0.331 e. The van der Waals surface area contributed by atoms with Crippen molar-refractivity contribution in [1.29, 1.82) is 0 Å². The normalized spacial score (nSPS) is 11.7. The second kappa shape index (κ2) is 10.8. The highest BCUT2D eigenvalue weighted by Gasteiger charge is 2.09. The van der Waals surface area contributed by atoms with Gasteiger partial charge in [0.15, 0.2) is 6.61 Å². The van der Waals surface area contributed by atoms with Crippen LogP contribution in [-0.2, 0) is 14.3 Å². The molecule has 0 aliphatic heterocycles. The molecule has 28 heavy (non-hydrogen) atoms. The lowest BCUT2D eigenvalue weighted by Crippen LogP contribution is -2.31. The van der Waals surface area contributed by atoms with Crippen LogP contribution in [0.2, 0.25) is 0 Å². The summed E-state index contributed by atoms with van der Waals surface area (Å²) in [5.74, 6) is 0.438. The molecule has 0 radical (unpaired) electrons. The first-order chi connectivity index (χ1) is 13.5. The third-order valence-corrected chi connectivity index (χ3v) is 4.16. The van der Waals surface area contributed by atoms with Gasteiger partial charge in [0.2, 0.25) is 0 Å². The number of esters is 1. The van der Waals surface area contributed by atoms with Gasteiger partial charge in [-0.1, -0.05) is 37.3 Å². The minimum atomic E-state index is -0.607. The summed E-state index contributed by atoms with van der Waals surface area (Å²) < 4.78 is 15.4. The lowest BCUT2D eigenvalue weighted by molar-refractivity contribution is -0.143. The van der Waals surface area contributed by atoms with Gasteiger partial charge in [0.1, 0.15) is 11.5 Å². The van der Waals surface area contributed by atoms with E-state index in [1.807, 2.05) is 37.3 Å². The highest BCUT2D eigenvalue weighted by atomic mass is 16.5. The fourth-order valence-corrected chi connectivity index (χ4v) is 2.52. The van der Waals surface area contributed by atoms with E-state index in [0.29, 0.717) is 23.6 Å². The summed E-state index contributed by atoms with van der Waals surface area (Å²) in [5, 5.41) is 2.77. The maximum atomic E-state index is 11.9. The molecule has 0 saturated heterocycles. The quantitative estimate of drug-likeness (QED) is 0.532. The number of carbonyl (C=O) groups is 2. The van der Waals surface area contributed by atoms with E-state index >= 15 is 0 Å². The predicted octanol–water partition coefficient (Wildman–Crippen LogP) is 3.18. The van der Waals surface area contributed by atoms with Crippen molar-refractivity contribution in [2.45, 2.75) is 12.8 Å². The Morgan fingerprint density at radius 2 is 1.82 bits per heavy atom. The van der Waals surface area contributed by atoms with Crippen molar-refractivity contribution in [1.82, 2.24) is 5.32 Å². The molecule has 0 heterocycles. The van der Waals surface area contributed by atoms with Gasteiger partial charge in [0.05, 0.1) is 14.2 Å². The van der Waals surface area contributed by atoms with Crippen LogP contribution in [0.5, 0.6) is 11.5 Å². The summed E-state index contributed by atoms with van der Waals surface area (Å²) in [6.45, 7) is 2.16. The molecule has 2 aromatic carbocycles. The molecule has 0 saturated carbocycles. The average Bonchev–Trinajstić information content (AvgIpc) is 2.74. The zero-order valence-corrected chi connectivity index (χ0v) is 16.3. The highest BCUT2D eigenvalue weighted by Crippen LogP contribution is 2.25. The third-order valence-electron chi connectivity index (χ3n) is 4.16. The van der Waals surface area contributed by atoms with Gasteiger partial charge < -0.3 is 19.5 Å². The lowest BCUT2D eigenvalue weighted by Gasteiger charge is -2.12. The van der Waals surface area contributed by atoms with Crippen LogP contribution in [0.25, 0.3) is 6.08 Å². The van der Waals surface area contributed by atoms with Crippen LogP contribution in [0.4, 0.5) is 0 Å². The molecule has 0 unspecified atom stereocenters. The van der Waals surface area contributed by atoms with Gasteiger partial charge in [-0.2, -0.15) is 0 Å². The SMILES string of the molecule is COc1ccc(/C=C/C(=O)OCC(=O)NC[C@H](C)c2ccccc2)c(OC)c1. The Morgan fingerprint density at radius 3 is 2.50 bits per heavy atom.